The van der Waals surface area contributed by atoms with Gasteiger partial charge < -0.3 is 0 Å². The quantitative estimate of drug-likeness (QED) is 0.729. The first kappa shape index (κ1) is 11.8. The molecular formula is C15H17NO. The second-order valence-electron chi connectivity index (χ2n) is 4.51. The summed E-state index contributed by atoms with van der Waals surface area (Å²) in [5.74, 6) is 0.565. The van der Waals surface area contributed by atoms with Gasteiger partial charge in [-0.25, -0.2) is 0 Å². The summed E-state index contributed by atoms with van der Waals surface area (Å²) < 4.78 is 0. The van der Waals surface area contributed by atoms with Crippen molar-refractivity contribution in [2.75, 3.05) is 6.54 Å². The molecule has 2 nitrogen and oxygen atoms in total. The largest absolute Gasteiger partial charge is 0.297 e. The molecule has 0 N–H and O–H groups in total. The lowest BCUT2D eigenvalue weighted by Gasteiger charge is -2.08. The van der Waals surface area contributed by atoms with Crippen LogP contribution in [0.3, 0.4) is 0 Å². The van der Waals surface area contributed by atoms with Crippen molar-refractivity contribution in [2.24, 2.45) is 4.99 Å². The van der Waals surface area contributed by atoms with Crippen molar-refractivity contribution in [3.8, 4) is 0 Å². The molecule has 0 aromatic heterocycles. The van der Waals surface area contributed by atoms with Gasteiger partial charge in [-0.05, 0) is 43.0 Å². The highest BCUT2D eigenvalue weighted by molar-refractivity contribution is 5.94. The van der Waals surface area contributed by atoms with Crippen LogP contribution in [0, 0.1) is 0 Å². The number of hydrogen-bond donors (Lipinski definition) is 0. The first-order chi connectivity index (χ1) is 8.16. The van der Waals surface area contributed by atoms with Crippen molar-refractivity contribution in [1.29, 1.82) is 0 Å². The number of rotatable bonds is 3. The van der Waals surface area contributed by atoms with Crippen LogP contribution in [0.5, 0.6) is 0 Å². The second-order valence-corrected chi connectivity index (χ2v) is 4.51. The van der Waals surface area contributed by atoms with Gasteiger partial charge in [-0.2, -0.15) is 0 Å². The number of benzene rings is 1. The Morgan fingerprint density at radius 2 is 2.00 bits per heavy atom. The van der Waals surface area contributed by atoms with Crippen molar-refractivity contribution >= 4 is 17.6 Å². The minimum atomic E-state index is 0.0921. The summed E-state index contributed by atoms with van der Waals surface area (Å²) in [7, 11) is 0. The van der Waals surface area contributed by atoms with Gasteiger partial charge in [0.25, 0.3) is 0 Å². The van der Waals surface area contributed by atoms with Crippen LogP contribution < -0.4 is 0 Å². The van der Waals surface area contributed by atoms with Crippen molar-refractivity contribution in [3.63, 3.8) is 0 Å². The number of allylic oxidation sites excluding steroid dienone is 2. The molecule has 17 heavy (non-hydrogen) atoms. The van der Waals surface area contributed by atoms with Gasteiger partial charge in [0.05, 0.1) is 0 Å². The van der Waals surface area contributed by atoms with Gasteiger partial charge in [-0.3, -0.25) is 9.79 Å². The summed E-state index contributed by atoms with van der Waals surface area (Å²) in [5, 5.41) is 0. The molecule has 0 bridgehead atoms. The third-order valence-electron chi connectivity index (χ3n) is 3.07. The Hall–Kier alpha value is -1.70. The van der Waals surface area contributed by atoms with Crippen molar-refractivity contribution in [1.82, 2.24) is 0 Å². The van der Waals surface area contributed by atoms with E-state index < -0.39 is 0 Å². The van der Waals surface area contributed by atoms with E-state index in [1.54, 1.807) is 13.0 Å². The molecule has 1 aliphatic rings. The molecule has 1 heterocycles. The zero-order chi connectivity index (χ0) is 12.3. The molecule has 0 fully saturated rings. The van der Waals surface area contributed by atoms with Crippen molar-refractivity contribution < 1.29 is 4.79 Å². The first-order valence-electron chi connectivity index (χ1n) is 5.96. The molecule has 1 aromatic rings. The average molecular weight is 227 g/mol. The van der Waals surface area contributed by atoms with E-state index in [-0.39, 0.29) is 5.78 Å². The number of hydrogen-bond acceptors (Lipinski definition) is 2. The summed E-state index contributed by atoms with van der Waals surface area (Å²) in [5.41, 5.74) is 3.44. The third-order valence-corrected chi connectivity index (χ3v) is 3.07. The van der Waals surface area contributed by atoms with Crippen LogP contribution in [0.4, 0.5) is 0 Å². The lowest BCUT2D eigenvalue weighted by Crippen LogP contribution is -1.96. The Balaban J connectivity index is 2.18. The second kappa shape index (κ2) is 5.09. The van der Waals surface area contributed by atoms with Gasteiger partial charge in [0.1, 0.15) is 0 Å². The normalized spacial score (nSPS) is 19.6. The number of carbonyl (C=O) groups is 1. The molecule has 0 saturated heterocycles. The van der Waals surface area contributed by atoms with E-state index in [0.29, 0.717) is 5.92 Å². The predicted molar refractivity (Wildman–Crippen MR) is 71.5 cm³/mol. The lowest BCUT2D eigenvalue weighted by atomic mass is 9.96. The van der Waals surface area contributed by atoms with Gasteiger partial charge in [0.15, 0.2) is 5.78 Å². The maximum Gasteiger partial charge on any atom is 0.152 e. The van der Waals surface area contributed by atoms with Crippen LogP contribution >= 0.6 is 0 Å². The smallest absolute Gasteiger partial charge is 0.152 e. The van der Waals surface area contributed by atoms with E-state index in [4.69, 9.17) is 0 Å². The molecular weight excluding hydrogens is 210 g/mol. The highest BCUT2D eigenvalue weighted by Gasteiger charge is 2.12. The minimum absolute atomic E-state index is 0.0921. The van der Waals surface area contributed by atoms with E-state index >= 15 is 0 Å². The molecule has 0 amide bonds. The topological polar surface area (TPSA) is 29.4 Å². The maximum absolute atomic E-state index is 11.0. The summed E-state index contributed by atoms with van der Waals surface area (Å²) in [6.07, 6.45) is 4.82. The number of ketones is 1. The van der Waals surface area contributed by atoms with E-state index in [2.05, 4.69) is 29.3 Å². The van der Waals surface area contributed by atoms with Gasteiger partial charge in [0.2, 0.25) is 0 Å². The molecule has 2 heteroatoms. The summed E-state index contributed by atoms with van der Waals surface area (Å²) >= 11 is 0. The van der Waals surface area contributed by atoms with Crippen LogP contribution in [0.25, 0.3) is 5.57 Å². The molecule has 1 aliphatic heterocycles. The molecule has 1 atom stereocenters. The van der Waals surface area contributed by atoms with Crippen LogP contribution in [-0.2, 0) is 4.79 Å². The Bertz CT molecular complexity index is 468. The van der Waals surface area contributed by atoms with E-state index in [0.717, 1.165) is 24.1 Å². The Morgan fingerprint density at radius 3 is 2.53 bits per heavy atom. The Morgan fingerprint density at radius 1 is 1.29 bits per heavy atom. The Labute approximate surface area is 102 Å². The SMILES string of the molecule is CC(=O)C=C(C)c1ccc(C2C=NCC2)cc1. The highest BCUT2D eigenvalue weighted by atomic mass is 16.1. The zero-order valence-corrected chi connectivity index (χ0v) is 10.3. The first-order valence-corrected chi connectivity index (χ1v) is 5.96. The van der Waals surface area contributed by atoms with Crippen LogP contribution in [-0.4, -0.2) is 18.5 Å². The van der Waals surface area contributed by atoms with Gasteiger partial charge in [0, 0.05) is 18.7 Å². The van der Waals surface area contributed by atoms with Crippen LogP contribution in [0.15, 0.2) is 35.3 Å². The monoisotopic (exact) mass is 227 g/mol. The summed E-state index contributed by atoms with van der Waals surface area (Å²) in [6.45, 7) is 4.48. The van der Waals surface area contributed by atoms with E-state index in [1.165, 1.54) is 5.56 Å². The molecule has 0 radical (unpaired) electrons. The molecule has 88 valence electrons. The summed E-state index contributed by atoms with van der Waals surface area (Å²) in [6, 6.07) is 8.43. The van der Waals surface area contributed by atoms with E-state index in [9.17, 15) is 4.79 Å². The molecule has 0 aliphatic carbocycles. The lowest BCUT2D eigenvalue weighted by molar-refractivity contribution is -0.112. The molecule has 0 saturated carbocycles. The fraction of sp³-hybridized carbons (Fsp3) is 0.333. The maximum atomic E-state index is 11.0. The zero-order valence-electron chi connectivity index (χ0n) is 10.3. The third kappa shape index (κ3) is 2.90. The van der Waals surface area contributed by atoms with Gasteiger partial charge in [-0.15, -0.1) is 0 Å². The average Bonchev–Trinajstić information content (AvgIpc) is 2.82. The van der Waals surface area contributed by atoms with Crippen molar-refractivity contribution in [2.45, 2.75) is 26.2 Å². The fourth-order valence-corrected chi connectivity index (χ4v) is 2.12. The molecule has 0 spiro atoms. The summed E-state index contributed by atoms with van der Waals surface area (Å²) in [4.78, 5) is 15.3. The van der Waals surface area contributed by atoms with Gasteiger partial charge >= 0.3 is 0 Å². The number of carbonyl (C=O) groups excluding carboxylic acids is 1. The van der Waals surface area contributed by atoms with Crippen molar-refractivity contribution in [3.05, 3.63) is 41.5 Å². The van der Waals surface area contributed by atoms with Gasteiger partial charge in [-0.1, -0.05) is 24.3 Å². The van der Waals surface area contributed by atoms with Crippen LogP contribution in [0.1, 0.15) is 37.3 Å². The molecule has 1 aromatic carbocycles. The fourth-order valence-electron chi connectivity index (χ4n) is 2.12. The van der Waals surface area contributed by atoms with Crippen LogP contribution in [0.2, 0.25) is 0 Å². The Kier molecular flexibility index (Phi) is 3.52. The predicted octanol–water partition coefficient (Wildman–Crippen LogP) is 3.24. The standard InChI is InChI=1S/C15H17NO/c1-11(9-12(2)17)13-3-5-14(6-4-13)15-7-8-16-10-15/h3-6,9-10,15H,7-8H2,1-2H3. The number of nitrogens with zero attached hydrogens (tertiary/aromatic N) is 1. The highest BCUT2D eigenvalue weighted by Crippen LogP contribution is 2.23. The minimum Gasteiger partial charge on any atom is -0.297 e. The molecule has 1 unspecified atom stereocenters. The van der Waals surface area contributed by atoms with E-state index in [1.807, 2.05) is 13.1 Å². The molecule has 2 rings (SSSR count). The number of aliphatic imine (C=N–C) groups is 1.